The number of nitrogens with zero attached hydrogens (tertiary/aromatic N) is 5. The normalized spacial score (nSPS) is 9.04. The molecule has 0 saturated heterocycles. The lowest BCUT2D eigenvalue weighted by molar-refractivity contribution is -0.596. The predicted octanol–water partition coefficient (Wildman–Crippen LogP) is 1.13. The first kappa shape index (κ1) is 42.7. The van der Waals surface area contributed by atoms with Crippen LogP contribution in [0.1, 0.15) is 16.7 Å². The quantitative estimate of drug-likeness (QED) is 0.237. The van der Waals surface area contributed by atoms with Crippen molar-refractivity contribution >= 4 is 0 Å². The van der Waals surface area contributed by atoms with Gasteiger partial charge in [0, 0.05) is 43.5 Å². The SMILES string of the molecule is N#Cc1cccc(O)c1.N#Cc1cccc(Oc2ccncc2)c1.NCc1cccc(Oc2ccncc2)c1.[Br-].[Br-].c1cc[n+](-c2cc[nH+]cc2)cc1. The average molecular weight is 834 g/mol. The fourth-order valence-electron chi connectivity index (χ4n) is 4.15. The maximum Gasteiger partial charge on any atom is 0.222 e. The molecular formula is C41H35Br2N7O3. The Morgan fingerprint density at radius 1 is 0.604 bits per heavy atom. The summed E-state index contributed by atoms with van der Waals surface area (Å²) in [6.07, 6.45) is 14.6. The van der Waals surface area contributed by atoms with E-state index in [-0.39, 0.29) is 39.7 Å². The number of ether oxygens (including phenoxy) is 2. The van der Waals surface area contributed by atoms with Gasteiger partial charge in [0.05, 0.1) is 35.4 Å². The van der Waals surface area contributed by atoms with Crippen molar-refractivity contribution in [3.05, 3.63) is 194 Å². The first-order valence-electron chi connectivity index (χ1n) is 15.6. The van der Waals surface area contributed by atoms with Crippen LogP contribution in [0.3, 0.4) is 0 Å². The Morgan fingerprint density at radius 2 is 1.11 bits per heavy atom. The van der Waals surface area contributed by atoms with Gasteiger partial charge in [-0.25, -0.2) is 4.98 Å². The molecule has 4 aromatic heterocycles. The van der Waals surface area contributed by atoms with Crippen LogP contribution in [0.2, 0.25) is 0 Å². The van der Waals surface area contributed by atoms with E-state index in [0.717, 1.165) is 22.7 Å². The fraction of sp³-hybridized carbons (Fsp3) is 0.0244. The second-order valence-corrected chi connectivity index (χ2v) is 10.3. The molecule has 53 heavy (non-hydrogen) atoms. The van der Waals surface area contributed by atoms with Crippen LogP contribution in [0.4, 0.5) is 0 Å². The maximum absolute atomic E-state index is 8.79. The Balaban J connectivity index is 0.000000245. The highest BCUT2D eigenvalue weighted by atomic mass is 79.9. The van der Waals surface area contributed by atoms with Gasteiger partial charge in [-0.1, -0.05) is 30.3 Å². The van der Waals surface area contributed by atoms with Crippen LogP contribution in [0.25, 0.3) is 5.69 Å². The molecule has 266 valence electrons. The summed E-state index contributed by atoms with van der Waals surface area (Å²) >= 11 is 0. The Kier molecular flexibility index (Phi) is 19.9. The van der Waals surface area contributed by atoms with Crippen molar-refractivity contribution in [2.45, 2.75) is 6.54 Å². The van der Waals surface area contributed by atoms with Gasteiger partial charge < -0.3 is 54.3 Å². The molecule has 3 aromatic carbocycles. The number of benzene rings is 3. The molecular weight excluding hydrogens is 798 g/mol. The van der Waals surface area contributed by atoms with Crippen molar-refractivity contribution in [2.24, 2.45) is 5.73 Å². The number of pyridine rings is 4. The second kappa shape index (κ2) is 24.7. The van der Waals surface area contributed by atoms with Gasteiger partial charge in [-0.15, -0.1) is 0 Å². The molecule has 7 aromatic rings. The van der Waals surface area contributed by atoms with E-state index < -0.39 is 0 Å². The molecule has 0 unspecified atom stereocenters. The highest BCUT2D eigenvalue weighted by Crippen LogP contribution is 2.22. The van der Waals surface area contributed by atoms with Crippen LogP contribution in [0.5, 0.6) is 28.7 Å². The number of nitriles is 2. The molecule has 0 aliphatic heterocycles. The first-order valence-corrected chi connectivity index (χ1v) is 15.6. The molecule has 4 heterocycles. The van der Waals surface area contributed by atoms with Crippen molar-refractivity contribution in [3.8, 4) is 46.6 Å². The van der Waals surface area contributed by atoms with Crippen LogP contribution in [-0.2, 0) is 6.54 Å². The summed E-state index contributed by atoms with van der Waals surface area (Å²) in [7, 11) is 0. The van der Waals surface area contributed by atoms with E-state index in [1.807, 2.05) is 97.6 Å². The Bertz CT molecular complexity index is 2100. The van der Waals surface area contributed by atoms with Crippen molar-refractivity contribution in [3.63, 3.8) is 0 Å². The smallest absolute Gasteiger partial charge is 0.222 e. The van der Waals surface area contributed by atoms with E-state index >= 15 is 0 Å². The lowest BCUT2D eigenvalue weighted by atomic mass is 10.2. The molecule has 7 rings (SSSR count). The van der Waals surface area contributed by atoms with Gasteiger partial charge in [0.15, 0.2) is 24.8 Å². The zero-order valence-corrected chi connectivity index (χ0v) is 31.5. The third-order valence-corrected chi connectivity index (χ3v) is 6.56. The van der Waals surface area contributed by atoms with Gasteiger partial charge in [-0.2, -0.15) is 15.1 Å². The monoisotopic (exact) mass is 831 g/mol. The lowest BCUT2D eigenvalue weighted by Gasteiger charge is -2.06. The van der Waals surface area contributed by atoms with Gasteiger partial charge in [-0.05, 0) is 78.4 Å². The summed E-state index contributed by atoms with van der Waals surface area (Å²) in [5.41, 5.74) is 8.83. The number of nitrogens with two attached hydrogens (primary N) is 1. The van der Waals surface area contributed by atoms with E-state index in [4.69, 9.17) is 30.8 Å². The number of aromatic amines is 1. The number of phenolic OH excluding ortho intramolecular Hbond substituents is 1. The third kappa shape index (κ3) is 16.0. The Hall–Kier alpha value is -6.44. The van der Waals surface area contributed by atoms with E-state index in [9.17, 15) is 0 Å². The van der Waals surface area contributed by atoms with Crippen LogP contribution in [0.15, 0.2) is 177 Å². The predicted molar refractivity (Wildman–Crippen MR) is 191 cm³/mol. The van der Waals surface area contributed by atoms with Crippen molar-refractivity contribution in [1.29, 1.82) is 10.5 Å². The summed E-state index contributed by atoms with van der Waals surface area (Å²) in [4.78, 5) is 10.8. The largest absolute Gasteiger partial charge is 1.00 e. The Labute approximate surface area is 329 Å². The van der Waals surface area contributed by atoms with Gasteiger partial charge in [0.2, 0.25) is 5.69 Å². The molecule has 0 fully saturated rings. The standard InChI is InChI=1S/C12H12N2O.C12H8N2O.C10H9N2.C7H5NO.2BrH/c2*13-9-10-2-1-3-12(8-10)15-11-4-6-14-7-5-11;1-2-8-12(9-3-1)10-4-6-11-7-5-10;8-5-6-2-1-3-7(9)4-6;;/h1-8H,9,13H2;1-8H;1-9H;1-4,9H;2*1H/q;;+1;;;/p-1. The summed E-state index contributed by atoms with van der Waals surface area (Å²) in [6.45, 7) is 0.521. The molecule has 4 N–H and O–H groups in total. The fourth-order valence-corrected chi connectivity index (χ4v) is 4.15. The number of nitrogens with one attached hydrogen (secondary N) is 1. The van der Waals surface area contributed by atoms with Gasteiger partial charge in [0.1, 0.15) is 28.7 Å². The highest BCUT2D eigenvalue weighted by Gasteiger charge is 2.03. The average Bonchev–Trinajstić information content (AvgIpc) is 3.20. The Morgan fingerprint density at radius 3 is 1.62 bits per heavy atom. The third-order valence-electron chi connectivity index (χ3n) is 6.56. The van der Waals surface area contributed by atoms with Crippen LogP contribution >= 0.6 is 0 Å². The van der Waals surface area contributed by atoms with Gasteiger partial charge in [0.25, 0.3) is 0 Å². The van der Waals surface area contributed by atoms with Gasteiger partial charge in [-0.3, -0.25) is 9.97 Å². The maximum atomic E-state index is 8.79. The molecule has 0 spiro atoms. The van der Waals surface area contributed by atoms with E-state index in [1.165, 1.54) is 12.1 Å². The number of rotatable bonds is 6. The zero-order chi connectivity index (χ0) is 35.9. The van der Waals surface area contributed by atoms with Crippen LogP contribution in [-0.4, -0.2) is 15.1 Å². The number of hydrogen-bond acceptors (Lipinski definition) is 8. The van der Waals surface area contributed by atoms with Crippen molar-refractivity contribution in [2.75, 3.05) is 0 Å². The molecule has 0 radical (unpaired) electrons. The second-order valence-electron chi connectivity index (χ2n) is 10.3. The summed E-state index contributed by atoms with van der Waals surface area (Å²) in [6, 6.07) is 42.2. The molecule has 10 nitrogen and oxygen atoms in total. The molecule has 0 saturated carbocycles. The summed E-state index contributed by atoms with van der Waals surface area (Å²) < 4.78 is 13.2. The number of aromatic hydroxyl groups is 1. The molecule has 12 heteroatoms. The number of hydrogen-bond donors (Lipinski definition) is 2. The number of halogens is 2. The molecule has 0 aliphatic rings. The summed E-state index contributed by atoms with van der Waals surface area (Å²) in [5, 5.41) is 25.8. The molecule has 0 amide bonds. The van der Waals surface area contributed by atoms with Crippen molar-refractivity contribution in [1.82, 2.24) is 9.97 Å². The highest BCUT2D eigenvalue weighted by molar-refractivity contribution is 5.39. The number of phenols is 1. The van der Waals surface area contributed by atoms with E-state index in [1.54, 1.807) is 73.3 Å². The van der Waals surface area contributed by atoms with Crippen molar-refractivity contribution < 1.29 is 58.1 Å². The minimum atomic E-state index is 0. The minimum Gasteiger partial charge on any atom is -1.00 e. The van der Waals surface area contributed by atoms with E-state index in [2.05, 4.69) is 25.6 Å². The number of aromatic nitrogens is 4. The summed E-state index contributed by atoms with van der Waals surface area (Å²) in [5.74, 6) is 3.07. The first-order chi connectivity index (χ1) is 25.1. The molecule has 0 aliphatic carbocycles. The minimum absolute atomic E-state index is 0. The van der Waals surface area contributed by atoms with Crippen LogP contribution < -0.4 is 58.7 Å². The molecule has 0 bridgehead atoms. The number of H-pyrrole nitrogens is 1. The zero-order valence-electron chi connectivity index (χ0n) is 28.3. The molecule has 0 atom stereocenters. The van der Waals surface area contributed by atoms with E-state index in [0.29, 0.717) is 29.2 Å². The lowest BCUT2D eigenvalue weighted by Crippen LogP contribution is -3.00. The van der Waals surface area contributed by atoms with Gasteiger partial charge >= 0.3 is 0 Å². The van der Waals surface area contributed by atoms with Crippen LogP contribution in [0, 0.1) is 22.7 Å². The topological polar surface area (TPSA) is 156 Å².